The first-order valence-corrected chi connectivity index (χ1v) is 9.53. The summed E-state index contributed by atoms with van der Waals surface area (Å²) in [6.07, 6.45) is 6.33. The molecule has 3 rings (SSSR count). The lowest BCUT2D eigenvalue weighted by atomic mass is 9.84. The molecule has 0 unspecified atom stereocenters. The number of Topliss-reactive ketones (excluding diaryl/α,β-unsaturated/α-hetero) is 2. The van der Waals surface area contributed by atoms with Crippen molar-refractivity contribution in [2.24, 2.45) is 0 Å². The van der Waals surface area contributed by atoms with Gasteiger partial charge in [0.05, 0.1) is 19.3 Å². The maximum atomic E-state index is 12.9. The highest BCUT2D eigenvalue weighted by Gasteiger charge is 2.39. The van der Waals surface area contributed by atoms with Gasteiger partial charge in [-0.2, -0.15) is 0 Å². The molecule has 1 aromatic carbocycles. The number of carbonyl (C=O) groups is 3. The van der Waals surface area contributed by atoms with Gasteiger partial charge in [-0.15, -0.1) is 0 Å². The lowest BCUT2D eigenvalue weighted by Crippen LogP contribution is -2.34. The molecule has 0 saturated heterocycles. The van der Waals surface area contributed by atoms with E-state index in [-0.39, 0.29) is 28.9 Å². The molecule has 6 heteroatoms. The van der Waals surface area contributed by atoms with Crippen LogP contribution in [-0.4, -0.2) is 36.9 Å². The number of hydrogen-bond donors (Lipinski definition) is 0. The second-order valence-corrected chi connectivity index (χ2v) is 7.21. The summed E-state index contributed by atoms with van der Waals surface area (Å²) < 4.78 is 16.1. The van der Waals surface area contributed by atoms with Crippen molar-refractivity contribution in [1.29, 1.82) is 0 Å². The molecule has 0 fully saturated rings. The third kappa shape index (κ3) is 4.01. The van der Waals surface area contributed by atoms with Crippen LogP contribution in [0.4, 0.5) is 0 Å². The van der Waals surface area contributed by atoms with Gasteiger partial charge in [-0.25, -0.2) is 4.79 Å². The van der Waals surface area contributed by atoms with Crippen LogP contribution in [0, 0.1) is 0 Å². The highest BCUT2D eigenvalue weighted by atomic mass is 16.5. The van der Waals surface area contributed by atoms with Crippen LogP contribution in [-0.2, 0) is 14.3 Å². The van der Waals surface area contributed by atoms with Gasteiger partial charge < -0.3 is 14.2 Å². The van der Waals surface area contributed by atoms with Crippen LogP contribution < -0.4 is 4.74 Å². The van der Waals surface area contributed by atoms with Crippen molar-refractivity contribution >= 4 is 17.5 Å². The molecule has 0 amide bonds. The van der Waals surface area contributed by atoms with Crippen LogP contribution in [0.15, 0.2) is 53.3 Å². The largest absolute Gasteiger partial charge is 0.497 e. The molecular weight excluding hydrogens is 372 g/mol. The number of fused-ring (bicyclic) bond motifs is 1. The van der Waals surface area contributed by atoms with Crippen LogP contribution in [0.25, 0.3) is 0 Å². The van der Waals surface area contributed by atoms with E-state index < -0.39 is 5.60 Å². The number of rotatable bonds is 6. The Labute approximate surface area is 169 Å². The van der Waals surface area contributed by atoms with Gasteiger partial charge in [-0.3, -0.25) is 9.59 Å². The Morgan fingerprint density at radius 2 is 1.97 bits per heavy atom. The van der Waals surface area contributed by atoms with Gasteiger partial charge >= 0.3 is 5.97 Å². The van der Waals surface area contributed by atoms with E-state index in [1.165, 1.54) is 7.11 Å². The van der Waals surface area contributed by atoms with Crippen molar-refractivity contribution in [3.63, 3.8) is 0 Å². The molecule has 0 radical (unpaired) electrons. The minimum absolute atomic E-state index is 0.0729. The van der Waals surface area contributed by atoms with Crippen molar-refractivity contribution < 1.29 is 28.6 Å². The highest BCUT2D eigenvalue weighted by molar-refractivity contribution is 6.27. The third-order valence-electron chi connectivity index (χ3n) is 5.04. The minimum Gasteiger partial charge on any atom is -0.497 e. The molecule has 1 aromatic rings. The number of methoxy groups -OCH3 is 1. The maximum Gasteiger partial charge on any atom is 0.333 e. The zero-order valence-electron chi connectivity index (χ0n) is 17.0. The summed E-state index contributed by atoms with van der Waals surface area (Å²) >= 11 is 0. The lowest BCUT2D eigenvalue weighted by Gasteiger charge is -2.34. The Hall–Kier alpha value is -3.15. The van der Waals surface area contributed by atoms with Crippen molar-refractivity contribution in [2.45, 2.75) is 39.2 Å². The highest BCUT2D eigenvalue weighted by Crippen LogP contribution is 2.37. The molecule has 1 atom stereocenters. The van der Waals surface area contributed by atoms with Crippen LogP contribution in [0.3, 0.4) is 0 Å². The maximum absolute atomic E-state index is 12.9. The number of ether oxygens (including phenoxy) is 3. The number of allylic oxidation sites excluding steroid dienone is 4. The van der Waals surface area contributed by atoms with Crippen molar-refractivity contribution in [2.75, 3.05) is 13.7 Å². The van der Waals surface area contributed by atoms with E-state index in [9.17, 15) is 14.4 Å². The molecular formula is C23H24O6. The molecule has 0 aromatic heterocycles. The molecule has 1 aliphatic carbocycles. The SMILES string of the molecule is CCOC(=O)/C(C)=C/CC[C@]1(C)C=CC2=C(O1)C(=O)c1ccc(OC)cc1C2=O. The quantitative estimate of drug-likeness (QED) is 0.535. The van der Waals surface area contributed by atoms with E-state index >= 15 is 0 Å². The molecule has 1 aliphatic heterocycles. The van der Waals surface area contributed by atoms with Gasteiger partial charge in [0, 0.05) is 16.7 Å². The zero-order chi connectivity index (χ0) is 21.2. The lowest BCUT2D eigenvalue weighted by molar-refractivity contribution is -0.138. The topological polar surface area (TPSA) is 78.9 Å². The summed E-state index contributed by atoms with van der Waals surface area (Å²) in [6, 6.07) is 4.81. The molecule has 0 N–H and O–H groups in total. The molecule has 29 heavy (non-hydrogen) atoms. The Bertz CT molecular complexity index is 966. The number of benzene rings is 1. The summed E-state index contributed by atoms with van der Waals surface area (Å²) in [6.45, 7) is 5.64. The van der Waals surface area contributed by atoms with Crippen LogP contribution in [0.5, 0.6) is 5.75 Å². The van der Waals surface area contributed by atoms with Crippen LogP contribution in [0.1, 0.15) is 54.3 Å². The molecule has 0 saturated carbocycles. The van der Waals surface area contributed by atoms with E-state index in [1.54, 1.807) is 50.3 Å². The molecule has 6 nitrogen and oxygen atoms in total. The van der Waals surface area contributed by atoms with Gasteiger partial charge in [0.15, 0.2) is 11.5 Å². The van der Waals surface area contributed by atoms with Crippen molar-refractivity contribution in [3.05, 3.63) is 64.5 Å². The third-order valence-corrected chi connectivity index (χ3v) is 5.04. The fraction of sp³-hybridized carbons (Fsp3) is 0.348. The number of esters is 1. The summed E-state index contributed by atoms with van der Waals surface area (Å²) in [7, 11) is 1.51. The Balaban J connectivity index is 1.78. The molecule has 0 spiro atoms. The monoisotopic (exact) mass is 396 g/mol. The second kappa shape index (κ2) is 8.07. The van der Waals surface area contributed by atoms with Crippen molar-refractivity contribution in [3.8, 4) is 5.75 Å². The Kier molecular flexibility index (Phi) is 5.73. The number of carbonyl (C=O) groups excluding carboxylic acids is 3. The molecule has 1 heterocycles. The van der Waals surface area contributed by atoms with E-state index in [0.717, 1.165) is 0 Å². The first-order valence-electron chi connectivity index (χ1n) is 9.53. The van der Waals surface area contributed by atoms with Gasteiger partial charge in [0.25, 0.3) is 0 Å². The summed E-state index contributed by atoms with van der Waals surface area (Å²) in [5, 5.41) is 0. The normalized spacial score (nSPS) is 20.8. The Morgan fingerprint density at radius 1 is 1.21 bits per heavy atom. The molecule has 0 bridgehead atoms. The first kappa shape index (κ1) is 20.6. The summed E-state index contributed by atoms with van der Waals surface area (Å²) in [5.41, 5.74) is 0.654. The molecule has 2 aliphatic rings. The predicted molar refractivity (Wildman–Crippen MR) is 107 cm³/mol. The average molecular weight is 396 g/mol. The fourth-order valence-electron chi connectivity index (χ4n) is 3.35. The average Bonchev–Trinajstić information content (AvgIpc) is 2.71. The Morgan fingerprint density at radius 3 is 2.66 bits per heavy atom. The first-order chi connectivity index (χ1) is 13.8. The van der Waals surface area contributed by atoms with Gasteiger partial charge in [-0.1, -0.05) is 6.08 Å². The minimum atomic E-state index is -0.760. The van der Waals surface area contributed by atoms with Gasteiger partial charge in [0.2, 0.25) is 5.78 Å². The van der Waals surface area contributed by atoms with Crippen LogP contribution >= 0.6 is 0 Å². The van der Waals surface area contributed by atoms with Crippen molar-refractivity contribution in [1.82, 2.24) is 0 Å². The fourth-order valence-corrected chi connectivity index (χ4v) is 3.35. The van der Waals surface area contributed by atoms with E-state index in [1.807, 2.05) is 6.92 Å². The second-order valence-electron chi connectivity index (χ2n) is 7.21. The van der Waals surface area contributed by atoms with E-state index in [4.69, 9.17) is 14.2 Å². The summed E-state index contributed by atoms with van der Waals surface area (Å²) in [4.78, 5) is 37.5. The predicted octanol–water partition coefficient (Wildman–Crippen LogP) is 3.96. The smallest absolute Gasteiger partial charge is 0.333 e. The van der Waals surface area contributed by atoms with E-state index in [2.05, 4.69) is 0 Å². The van der Waals surface area contributed by atoms with Crippen LogP contribution in [0.2, 0.25) is 0 Å². The van der Waals surface area contributed by atoms with Gasteiger partial charge in [0.1, 0.15) is 11.4 Å². The number of hydrogen-bond acceptors (Lipinski definition) is 6. The standard InChI is InChI=1S/C23H24O6/c1-5-28-22(26)14(2)7-6-11-23(3)12-10-17-19(24)18-13-15(27-4)8-9-16(18)20(25)21(17)29-23/h7-10,12-13H,5-6,11H2,1-4H3/b14-7+/t23-/m1/s1. The zero-order valence-corrected chi connectivity index (χ0v) is 17.0. The summed E-state index contributed by atoms with van der Waals surface area (Å²) in [5.74, 6) is -0.328. The van der Waals surface area contributed by atoms with Gasteiger partial charge in [-0.05, 0) is 64.0 Å². The molecule has 152 valence electrons. The number of ketones is 2. The van der Waals surface area contributed by atoms with E-state index in [0.29, 0.717) is 41.9 Å².